The molecule has 40 heavy (non-hydrogen) atoms. The lowest BCUT2D eigenvalue weighted by molar-refractivity contribution is -0.113. The summed E-state index contributed by atoms with van der Waals surface area (Å²) in [6, 6.07) is 19.8. The van der Waals surface area contributed by atoms with E-state index in [4.69, 9.17) is 29.0 Å². The zero-order valence-electron chi connectivity index (χ0n) is 23.0. The van der Waals surface area contributed by atoms with Crippen LogP contribution >= 0.6 is 0 Å². The first-order valence-corrected chi connectivity index (χ1v) is 12.8. The van der Waals surface area contributed by atoms with Crippen molar-refractivity contribution in [3.05, 3.63) is 83.6 Å². The zero-order chi connectivity index (χ0) is 28.2. The quantitative estimate of drug-likeness (QED) is 0.294. The molecule has 4 aromatic rings. The van der Waals surface area contributed by atoms with Crippen molar-refractivity contribution in [3.63, 3.8) is 0 Å². The van der Waals surface area contributed by atoms with Crippen molar-refractivity contribution in [2.75, 3.05) is 38.6 Å². The maximum atomic E-state index is 13.9. The largest absolute Gasteiger partial charge is 0.497 e. The molecule has 10 heteroatoms. The van der Waals surface area contributed by atoms with Crippen LogP contribution < -0.4 is 29.6 Å². The van der Waals surface area contributed by atoms with Gasteiger partial charge in [-0.3, -0.25) is 4.79 Å². The standard InChI is InChI=1S/C30H31N5O5/c1-6-40-21-13-11-19(12-14-21)27-26(29(36)32-24-9-7-8-10-25(24)39-5)18(2)31-30-33-28(34-35(27)30)20-15-22(37-3)17-23(16-20)38-4/h7-17,27H,6H2,1-5H3,(H,32,36)(H,31,33,34). The van der Waals surface area contributed by atoms with Gasteiger partial charge in [-0.2, -0.15) is 4.98 Å². The van der Waals surface area contributed by atoms with Gasteiger partial charge in [0.15, 0.2) is 5.82 Å². The number of hydrogen-bond acceptors (Lipinski definition) is 8. The second-order valence-corrected chi connectivity index (χ2v) is 9.03. The average Bonchev–Trinajstić information content (AvgIpc) is 3.40. The van der Waals surface area contributed by atoms with E-state index < -0.39 is 6.04 Å². The number of nitrogens with zero attached hydrogens (tertiary/aromatic N) is 3. The first-order valence-electron chi connectivity index (χ1n) is 12.8. The number of aromatic nitrogens is 3. The molecule has 1 aliphatic heterocycles. The number of para-hydroxylation sites is 2. The number of amides is 1. The van der Waals surface area contributed by atoms with E-state index in [2.05, 4.69) is 10.6 Å². The molecule has 5 rings (SSSR count). The fourth-order valence-electron chi connectivity index (χ4n) is 4.66. The van der Waals surface area contributed by atoms with Gasteiger partial charge in [-0.05, 0) is 55.8 Å². The highest BCUT2D eigenvalue weighted by Gasteiger charge is 2.35. The van der Waals surface area contributed by atoms with Crippen molar-refractivity contribution in [2.45, 2.75) is 19.9 Å². The van der Waals surface area contributed by atoms with E-state index in [1.165, 1.54) is 0 Å². The summed E-state index contributed by atoms with van der Waals surface area (Å²) in [4.78, 5) is 18.6. The number of methoxy groups -OCH3 is 3. The number of hydrogen-bond donors (Lipinski definition) is 2. The van der Waals surface area contributed by atoms with E-state index in [1.807, 2.05) is 62.4 Å². The second-order valence-electron chi connectivity index (χ2n) is 9.03. The first-order chi connectivity index (χ1) is 19.4. The molecule has 1 atom stereocenters. The molecule has 2 heterocycles. The lowest BCUT2D eigenvalue weighted by Crippen LogP contribution is -2.31. The highest BCUT2D eigenvalue weighted by molar-refractivity contribution is 6.06. The van der Waals surface area contributed by atoms with E-state index >= 15 is 0 Å². The lowest BCUT2D eigenvalue weighted by atomic mass is 9.95. The van der Waals surface area contributed by atoms with Crippen molar-refractivity contribution < 1.29 is 23.7 Å². The summed E-state index contributed by atoms with van der Waals surface area (Å²) in [5.41, 5.74) is 3.26. The molecule has 0 saturated carbocycles. The predicted octanol–water partition coefficient (Wildman–Crippen LogP) is 5.30. The minimum absolute atomic E-state index is 0.292. The van der Waals surface area contributed by atoms with Crippen LogP contribution in [-0.2, 0) is 4.79 Å². The maximum absolute atomic E-state index is 13.9. The molecule has 0 fully saturated rings. The SMILES string of the molecule is CCOc1ccc(C2C(C(=O)Nc3ccccc3OC)=C(C)Nc3nc(-c4cc(OC)cc(OC)c4)nn32)cc1. The number of carbonyl (C=O) groups excluding carboxylic acids is 1. The van der Waals surface area contributed by atoms with E-state index in [1.54, 1.807) is 44.2 Å². The van der Waals surface area contributed by atoms with Crippen molar-refractivity contribution in [3.8, 4) is 34.4 Å². The topological polar surface area (TPSA) is 109 Å². The minimum Gasteiger partial charge on any atom is -0.497 e. The van der Waals surface area contributed by atoms with Crippen LogP contribution in [0.25, 0.3) is 11.4 Å². The van der Waals surface area contributed by atoms with Crippen LogP contribution in [0.3, 0.4) is 0 Å². The summed E-state index contributed by atoms with van der Waals surface area (Å²) in [5.74, 6) is 3.19. The predicted molar refractivity (Wildman–Crippen MR) is 152 cm³/mol. The molecule has 0 spiro atoms. The Bertz CT molecular complexity index is 1540. The minimum atomic E-state index is -0.574. The summed E-state index contributed by atoms with van der Waals surface area (Å²) in [6.07, 6.45) is 0. The molecule has 3 aromatic carbocycles. The molecule has 1 aromatic heterocycles. The van der Waals surface area contributed by atoms with Crippen molar-refractivity contribution in [2.24, 2.45) is 0 Å². The van der Waals surface area contributed by atoms with Crippen molar-refractivity contribution >= 4 is 17.5 Å². The van der Waals surface area contributed by atoms with Gasteiger partial charge < -0.3 is 29.6 Å². The number of carbonyl (C=O) groups is 1. The van der Waals surface area contributed by atoms with Crippen molar-refractivity contribution in [1.29, 1.82) is 0 Å². The molecule has 206 valence electrons. The molecule has 0 radical (unpaired) electrons. The molecule has 10 nitrogen and oxygen atoms in total. The summed E-state index contributed by atoms with van der Waals surface area (Å²) >= 11 is 0. The smallest absolute Gasteiger partial charge is 0.255 e. The summed E-state index contributed by atoms with van der Waals surface area (Å²) in [6.45, 7) is 4.34. The van der Waals surface area contributed by atoms with Gasteiger partial charge in [0, 0.05) is 17.3 Å². The van der Waals surface area contributed by atoms with Gasteiger partial charge in [-0.25, -0.2) is 4.68 Å². The monoisotopic (exact) mass is 541 g/mol. The summed E-state index contributed by atoms with van der Waals surface area (Å²) in [5, 5.41) is 11.1. The Kier molecular flexibility index (Phi) is 7.59. The van der Waals surface area contributed by atoms with Gasteiger partial charge in [-0.1, -0.05) is 24.3 Å². The van der Waals surface area contributed by atoms with Gasteiger partial charge >= 0.3 is 0 Å². The van der Waals surface area contributed by atoms with Crippen LogP contribution in [0, 0.1) is 0 Å². The summed E-state index contributed by atoms with van der Waals surface area (Å²) in [7, 11) is 4.75. The first kappa shape index (κ1) is 26.6. The molecule has 1 aliphatic rings. The van der Waals surface area contributed by atoms with Gasteiger partial charge in [0.2, 0.25) is 5.95 Å². The Hall–Kier alpha value is -4.99. The normalized spacial score (nSPS) is 14.2. The average molecular weight is 542 g/mol. The van der Waals surface area contributed by atoms with Crippen LogP contribution in [0.15, 0.2) is 78.0 Å². The van der Waals surface area contributed by atoms with Gasteiger partial charge in [0.25, 0.3) is 5.91 Å². The molecule has 0 bridgehead atoms. The Morgan fingerprint density at radius 2 is 1.65 bits per heavy atom. The van der Waals surface area contributed by atoms with Gasteiger partial charge in [0.1, 0.15) is 29.0 Å². The molecular formula is C30H31N5O5. The number of allylic oxidation sites excluding steroid dienone is 1. The third kappa shape index (κ3) is 5.15. The lowest BCUT2D eigenvalue weighted by Gasteiger charge is -2.29. The fraction of sp³-hybridized carbons (Fsp3) is 0.233. The number of anilines is 2. The molecule has 0 aliphatic carbocycles. The van der Waals surface area contributed by atoms with Gasteiger partial charge in [-0.15, -0.1) is 5.10 Å². The fourth-order valence-corrected chi connectivity index (χ4v) is 4.66. The molecule has 1 unspecified atom stereocenters. The van der Waals surface area contributed by atoms with Crippen LogP contribution in [0.2, 0.25) is 0 Å². The van der Waals surface area contributed by atoms with Crippen LogP contribution in [0.5, 0.6) is 23.0 Å². The molecule has 2 N–H and O–H groups in total. The van der Waals surface area contributed by atoms with E-state index in [0.717, 1.165) is 11.3 Å². The van der Waals surface area contributed by atoms with E-state index in [-0.39, 0.29) is 5.91 Å². The Labute approximate surface area is 232 Å². The molecule has 1 amide bonds. The number of benzene rings is 3. The van der Waals surface area contributed by atoms with Gasteiger partial charge in [0.05, 0.1) is 39.2 Å². The number of fused-ring (bicyclic) bond motifs is 1. The van der Waals surface area contributed by atoms with Crippen LogP contribution in [0.1, 0.15) is 25.5 Å². The number of nitrogens with one attached hydrogen (secondary N) is 2. The zero-order valence-corrected chi connectivity index (χ0v) is 23.0. The van der Waals surface area contributed by atoms with E-state index in [9.17, 15) is 4.79 Å². The molecular weight excluding hydrogens is 510 g/mol. The second kappa shape index (κ2) is 11.4. The highest BCUT2D eigenvalue weighted by Crippen LogP contribution is 2.38. The highest BCUT2D eigenvalue weighted by atomic mass is 16.5. The summed E-state index contributed by atoms with van der Waals surface area (Å²) < 4.78 is 23.7. The number of rotatable bonds is 9. The number of ether oxygens (including phenoxy) is 4. The Balaban J connectivity index is 1.60. The molecule has 0 saturated heterocycles. The third-order valence-corrected chi connectivity index (χ3v) is 6.57. The maximum Gasteiger partial charge on any atom is 0.255 e. The van der Waals surface area contributed by atoms with Crippen LogP contribution in [0.4, 0.5) is 11.6 Å². The Morgan fingerprint density at radius 1 is 0.950 bits per heavy atom. The van der Waals surface area contributed by atoms with E-state index in [0.29, 0.717) is 58.1 Å². The van der Waals surface area contributed by atoms with Crippen molar-refractivity contribution in [1.82, 2.24) is 14.8 Å². The van der Waals surface area contributed by atoms with Crippen LogP contribution in [-0.4, -0.2) is 48.6 Å². The third-order valence-electron chi connectivity index (χ3n) is 6.57. The Morgan fingerprint density at radius 3 is 2.30 bits per heavy atom.